The van der Waals surface area contributed by atoms with Crippen LogP contribution >= 0.6 is 0 Å². The Kier molecular flexibility index (Phi) is 5.36. The number of para-hydroxylation sites is 1. The molecule has 0 saturated carbocycles. The monoisotopic (exact) mass is 345 g/mol. The number of nitrogens with zero attached hydrogens (tertiary/aromatic N) is 1. The molecule has 0 unspecified atom stereocenters. The highest BCUT2D eigenvalue weighted by Crippen LogP contribution is 2.37. The van der Waals surface area contributed by atoms with Gasteiger partial charge in [-0.05, 0) is 18.1 Å². The summed E-state index contributed by atoms with van der Waals surface area (Å²) < 4.78 is 44.2. The van der Waals surface area contributed by atoms with E-state index in [0.717, 1.165) is 10.5 Å². The standard InChI is InChI=1S/C16H18F3NO4/c1-2-10-5-3-4-6-13(10)24-9-14(21)20-7-11(15(22)23)12(8-20)16(17,18)19/h3-6,11-12H,2,7-9H2,1H3,(H,22,23)/t11-,12-/m1/s1. The van der Waals surface area contributed by atoms with Gasteiger partial charge in [-0.15, -0.1) is 0 Å². The van der Waals surface area contributed by atoms with Crippen molar-refractivity contribution >= 4 is 11.9 Å². The van der Waals surface area contributed by atoms with Crippen molar-refractivity contribution in [2.24, 2.45) is 11.8 Å². The van der Waals surface area contributed by atoms with Crippen LogP contribution < -0.4 is 4.74 Å². The van der Waals surface area contributed by atoms with E-state index in [1.165, 1.54) is 0 Å². The van der Waals surface area contributed by atoms with E-state index in [2.05, 4.69) is 0 Å². The normalized spacial score (nSPS) is 20.9. The molecule has 1 heterocycles. The van der Waals surface area contributed by atoms with Crippen LogP contribution in [0.1, 0.15) is 12.5 Å². The quantitative estimate of drug-likeness (QED) is 0.890. The van der Waals surface area contributed by atoms with Crippen molar-refractivity contribution in [3.8, 4) is 5.75 Å². The maximum Gasteiger partial charge on any atom is 0.394 e. The third-order valence-corrected chi connectivity index (χ3v) is 4.11. The molecule has 8 heteroatoms. The number of rotatable bonds is 5. The highest BCUT2D eigenvalue weighted by atomic mass is 19.4. The van der Waals surface area contributed by atoms with Crippen LogP contribution in [0.15, 0.2) is 24.3 Å². The van der Waals surface area contributed by atoms with Crippen LogP contribution in [0.2, 0.25) is 0 Å². The second-order valence-electron chi connectivity index (χ2n) is 5.64. The lowest BCUT2D eigenvalue weighted by molar-refractivity contribution is -0.188. The average molecular weight is 345 g/mol. The first kappa shape index (κ1) is 18.1. The largest absolute Gasteiger partial charge is 0.483 e. The van der Waals surface area contributed by atoms with Gasteiger partial charge in [0.05, 0.1) is 11.8 Å². The maximum absolute atomic E-state index is 12.9. The molecule has 1 aliphatic rings. The predicted molar refractivity (Wildman–Crippen MR) is 78.6 cm³/mol. The van der Waals surface area contributed by atoms with Crippen LogP contribution in [0.25, 0.3) is 0 Å². The second kappa shape index (κ2) is 7.11. The summed E-state index contributed by atoms with van der Waals surface area (Å²) in [5.41, 5.74) is 0.878. The molecular weight excluding hydrogens is 327 g/mol. The first-order chi connectivity index (χ1) is 11.2. The van der Waals surface area contributed by atoms with Crippen molar-refractivity contribution in [1.29, 1.82) is 0 Å². The highest BCUT2D eigenvalue weighted by Gasteiger charge is 2.53. The third-order valence-electron chi connectivity index (χ3n) is 4.11. The molecule has 24 heavy (non-hydrogen) atoms. The number of carboxylic acid groups (broad SMARTS) is 1. The van der Waals surface area contributed by atoms with Gasteiger partial charge in [0.15, 0.2) is 6.61 Å². The Balaban J connectivity index is 2.01. The number of aryl methyl sites for hydroxylation is 1. The van der Waals surface area contributed by atoms with Gasteiger partial charge in [-0.25, -0.2) is 0 Å². The van der Waals surface area contributed by atoms with Gasteiger partial charge >= 0.3 is 12.1 Å². The number of likely N-dealkylation sites (tertiary alicyclic amines) is 1. The van der Waals surface area contributed by atoms with Crippen molar-refractivity contribution in [3.05, 3.63) is 29.8 Å². The van der Waals surface area contributed by atoms with Crippen LogP contribution in [-0.2, 0) is 16.0 Å². The van der Waals surface area contributed by atoms with Crippen LogP contribution in [0.5, 0.6) is 5.75 Å². The molecule has 1 amide bonds. The molecule has 0 aliphatic carbocycles. The van der Waals surface area contributed by atoms with E-state index in [9.17, 15) is 22.8 Å². The smallest absolute Gasteiger partial charge is 0.394 e. The lowest BCUT2D eigenvalue weighted by Gasteiger charge is -2.18. The predicted octanol–water partition coefficient (Wildman–Crippen LogP) is 2.35. The molecule has 2 rings (SSSR count). The number of hydrogen-bond acceptors (Lipinski definition) is 3. The van der Waals surface area contributed by atoms with E-state index >= 15 is 0 Å². The number of hydrogen-bond donors (Lipinski definition) is 1. The van der Waals surface area contributed by atoms with Gasteiger partial charge < -0.3 is 14.7 Å². The minimum atomic E-state index is -4.66. The fourth-order valence-corrected chi connectivity index (χ4v) is 2.76. The highest BCUT2D eigenvalue weighted by molar-refractivity contribution is 5.80. The number of halogens is 3. The summed E-state index contributed by atoms with van der Waals surface area (Å²) in [6, 6.07) is 7.05. The van der Waals surface area contributed by atoms with Crippen molar-refractivity contribution in [2.45, 2.75) is 19.5 Å². The van der Waals surface area contributed by atoms with Crippen LogP contribution in [0.3, 0.4) is 0 Å². The fraction of sp³-hybridized carbons (Fsp3) is 0.500. The maximum atomic E-state index is 12.9. The van der Waals surface area contributed by atoms with E-state index in [1.807, 2.05) is 19.1 Å². The summed E-state index contributed by atoms with van der Waals surface area (Å²) in [7, 11) is 0. The molecule has 0 radical (unpaired) electrons. The van der Waals surface area contributed by atoms with Gasteiger partial charge in [0.1, 0.15) is 5.75 Å². The zero-order chi connectivity index (χ0) is 17.9. The summed E-state index contributed by atoms with van der Waals surface area (Å²) in [6.45, 7) is 0.374. The minimum Gasteiger partial charge on any atom is -0.483 e. The zero-order valence-corrected chi connectivity index (χ0v) is 13.0. The number of ether oxygens (including phenoxy) is 1. The summed E-state index contributed by atoms with van der Waals surface area (Å²) in [6.07, 6.45) is -3.97. The van der Waals surface area contributed by atoms with Crippen LogP contribution in [0.4, 0.5) is 13.2 Å². The van der Waals surface area contributed by atoms with Crippen molar-refractivity contribution in [2.75, 3.05) is 19.7 Å². The van der Waals surface area contributed by atoms with E-state index in [0.29, 0.717) is 12.2 Å². The summed E-state index contributed by atoms with van der Waals surface area (Å²) in [4.78, 5) is 24.0. The van der Waals surface area contributed by atoms with E-state index in [4.69, 9.17) is 9.84 Å². The molecule has 1 aliphatic heterocycles. The van der Waals surface area contributed by atoms with Gasteiger partial charge in [0.2, 0.25) is 0 Å². The molecule has 1 aromatic carbocycles. The molecule has 0 aromatic heterocycles. The van der Waals surface area contributed by atoms with Gasteiger partial charge in [0, 0.05) is 13.1 Å². The first-order valence-corrected chi connectivity index (χ1v) is 7.52. The Labute approximate surface area is 137 Å². The van der Waals surface area contributed by atoms with Gasteiger partial charge in [0.25, 0.3) is 5.91 Å². The molecule has 1 N–H and O–H groups in total. The number of amides is 1. The Bertz CT molecular complexity index is 618. The van der Waals surface area contributed by atoms with Crippen LogP contribution in [0, 0.1) is 11.8 Å². The Morgan fingerprint density at radius 3 is 2.50 bits per heavy atom. The Morgan fingerprint density at radius 1 is 1.29 bits per heavy atom. The second-order valence-corrected chi connectivity index (χ2v) is 5.64. The minimum absolute atomic E-state index is 0.423. The van der Waals surface area contributed by atoms with E-state index in [-0.39, 0.29) is 0 Å². The summed E-state index contributed by atoms with van der Waals surface area (Å²) in [5, 5.41) is 8.95. The molecular formula is C16H18F3NO4. The van der Waals surface area contributed by atoms with Crippen molar-refractivity contribution < 1.29 is 32.6 Å². The Morgan fingerprint density at radius 2 is 1.96 bits per heavy atom. The van der Waals surface area contributed by atoms with Gasteiger partial charge in [-0.2, -0.15) is 13.2 Å². The molecule has 5 nitrogen and oxygen atoms in total. The zero-order valence-electron chi connectivity index (χ0n) is 13.0. The molecule has 0 bridgehead atoms. The van der Waals surface area contributed by atoms with E-state index < -0.39 is 49.6 Å². The van der Waals surface area contributed by atoms with E-state index in [1.54, 1.807) is 12.1 Å². The number of aliphatic carboxylic acids is 1. The number of carbonyl (C=O) groups excluding carboxylic acids is 1. The average Bonchev–Trinajstić information content (AvgIpc) is 2.98. The van der Waals surface area contributed by atoms with Crippen molar-refractivity contribution in [1.82, 2.24) is 4.90 Å². The first-order valence-electron chi connectivity index (χ1n) is 7.52. The number of benzene rings is 1. The Hall–Kier alpha value is -2.25. The van der Waals surface area contributed by atoms with Gasteiger partial charge in [-0.3, -0.25) is 9.59 Å². The molecule has 132 valence electrons. The lowest BCUT2D eigenvalue weighted by atomic mass is 9.96. The molecule has 2 atom stereocenters. The molecule has 1 saturated heterocycles. The van der Waals surface area contributed by atoms with Crippen LogP contribution in [-0.4, -0.2) is 47.8 Å². The van der Waals surface area contributed by atoms with Gasteiger partial charge in [-0.1, -0.05) is 25.1 Å². The molecule has 1 aromatic rings. The molecule has 1 fully saturated rings. The fourth-order valence-electron chi connectivity index (χ4n) is 2.76. The number of carbonyl (C=O) groups is 2. The summed E-state index contributed by atoms with van der Waals surface area (Å²) >= 11 is 0. The third kappa shape index (κ3) is 3.98. The lowest BCUT2D eigenvalue weighted by Crippen LogP contribution is -2.35. The number of alkyl halides is 3. The topological polar surface area (TPSA) is 66.8 Å². The number of carboxylic acids is 1. The summed E-state index contributed by atoms with van der Waals surface area (Å²) in [5.74, 6) is -5.41. The SMILES string of the molecule is CCc1ccccc1OCC(=O)N1C[C@@H](C(F)(F)F)[C@H](C(=O)O)C1. The molecule has 0 spiro atoms. The van der Waals surface area contributed by atoms with Crippen molar-refractivity contribution in [3.63, 3.8) is 0 Å².